The second-order valence-electron chi connectivity index (χ2n) is 7.25. The van der Waals surface area contributed by atoms with Crippen molar-refractivity contribution in [3.05, 3.63) is 18.2 Å². The first-order valence-electron chi connectivity index (χ1n) is 9.76. The van der Waals surface area contributed by atoms with Crippen molar-refractivity contribution in [2.24, 2.45) is 5.92 Å². The Balaban J connectivity index is 0.00000261. The van der Waals surface area contributed by atoms with E-state index in [1.807, 2.05) is 32.2 Å². The Bertz CT molecular complexity index is 606. The van der Waals surface area contributed by atoms with Gasteiger partial charge in [-0.05, 0) is 70.9 Å². The van der Waals surface area contributed by atoms with E-state index in [0.717, 1.165) is 43.4 Å². The van der Waals surface area contributed by atoms with E-state index in [9.17, 15) is 4.79 Å². The van der Waals surface area contributed by atoms with E-state index < -0.39 is 0 Å². The van der Waals surface area contributed by atoms with Crippen molar-refractivity contribution in [3.8, 4) is 11.5 Å². The number of anilines is 1. The number of piperidine rings is 1. The van der Waals surface area contributed by atoms with E-state index in [1.54, 1.807) is 0 Å². The zero-order valence-electron chi connectivity index (χ0n) is 16.3. The second kappa shape index (κ2) is 10.7. The molecule has 2 aliphatic heterocycles. The molecule has 7 heteroatoms. The van der Waals surface area contributed by atoms with Gasteiger partial charge in [-0.25, -0.2) is 0 Å². The van der Waals surface area contributed by atoms with E-state index in [0.29, 0.717) is 19.0 Å². The molecule has 0 radical (unpaired) electrons. The molecule has 6 nitrogen and oxygen atoms in total. The maximum absolute atomic E-state index is 12.7. The minimum Gasteiger partial charge on any atom is -0.490 e. The lowest BCUT2D eigenvalue weighted by Gasteiger charge is -2.35. The zero-order valence-corrected chi connectivity index (χ0v) is 17.1. The Hall–Kier alpha value is -1.50. The molecule has 27 heavy (non-hydrogen) atoms. The predicted octanol–water partition coefficient (Wildman–Crippen LogP) is 2.92. The predicted molar refractivity (Wildman–Crippen MR) is 110 cm³/mol. The highest BCUT2D eigenvalue weighted by atomic mass is 35.5. The van der Waals surface area contributed by atoms with Crippen LogP contribution in [-0.2, 0) is 4.79 Å². The number of likely N-dealkylation sites (tertiary alicyclic amines) is 1. The van der Waals surface area contributed by atoms with Gasteiger partial charge in [0.1, 0.15) is 0 Å². The average Bonchev–Trinajstić information content (AvgIpc) is 2.91. The molecule has 1 atom stereocenters. The lowest BCUT2D eigenvalue weighted by atomic mass is 9.93. The summed E-state index contributed by atoms with van der Waals surface area (Å²) < 4.78 is 11.3. The highest BCUT2D eigenvalue weighted by molar-refractivity contribution is 5.94. The molecule has 0 spiro atoms. The highest BCUT2D eigenvalue weighted by Gasteiger charge is 2.26. The van der Waals surface area contributed by atoms with Crippen LogP contribution in [-0.4, -0.2) is 56.7 Å². The largest absolute Gasteiger partial charge is 0.490 e. The van der Waals surface area contributed by atoms with Crippen LogP contribution in [0.2, 0.25) is 0 Å². The van der Waals surface area contributed by atoms with E-state index >= 15 is 0 Å². The van der Waals surface area contributed by atoms with Gasteiger partial charge in [0.15, 0.2) is 11.5 Å². The molecule has 1 amide bonds. The molecule has 152 valence electrons. The zero-order chi connectivity index (χ0) is 18.4. The molecule has 2 N–H and O–H groups in total. The molecule has 0 bridgehead atoms. The van der Waals surface area contributed by atoms with Gasteiger partial charge in [-0.3, -0.25) is 9.69 Å². The topological polar surface area (TPSA) is 62.8 Å². The summed E-state index contributed by atoms with van der Waals surface area (Å²) in [5, 5.41) is 6.25. The fourth-order valence-corrected chi connectivity index (χ4v) is 3.63. The summed E-state index contributed by atoms with van der Waals surface area (Å²) in [5.74, 6) is 2.26. The lowest BCUT2D eigenvalue weighted by Crippen LogP contribution is -2.46. The molecular formula is C20H32ClN3O3. The van der Waals surface area contributed by atoms with Crippen LogP contribution in [0.3, 0.4) is 0 Å². The van der Waals surface area contributed by atoms with Crippen LogP contribution in [0, 0.1) is 5.92 Å². The molecule has 0 aliphatic carbocycles. The Kier molecular flexibility index (Phi) is 8.67. The lowest BCUT2D eigenvalue weighted by molar-refractivity contribution is -0.121. The van der Waals surface area contributed by atoms with Gasteiger partial charge in [-0.15, -0.1) is 12.4 Å². The standard InChI is InChI=1S/C20H31N3O3.ClH/c1-15(23-10-7-16(8-11-23)6-9-21-2)20(24)22-17-4-5-18-19(14-17)26-13-3-12-25-18;/h4-5,14-16,21H,3,6-13H2,1-2H3,(H,22,24);1H. The molecule has 1 aromatic carbocycles. The number of rotatable bonds is 6. The quantitative estimate of drug-likeness (QED) is 0.772. The van der Waals surface area contributed by atoms with E-state index in [2.05, 4.69) is 15.5 Å². The number of benzene rings is 1. The minimum atomic E-state index is -0.128. The van der Waals surface area contributed by atoms with Gasteiger partial charge < -0.3 is 20.1 Å². The smallest absolute Gasteiger partial charge is 0.241 e. The van der Waals surface area contributed by atoms with Gasteiger partial charge in [0.05, 0.1) is 19.3 Å². The number of halogens is 1. The first-order chi connectivity index (χ1) is 12.7. The van der Waals surface area contributed by atoms with E-state index in [1.165, 1.54) is 19.3 Å². The number of hydrogen-bond acceptors (Lipinski definition) is 5. The van der Waals surface area contributed by atoms with Crippen LogP contribution in [0.5, 0.6) is 11.5 Å². The third-order valence-electron chi connectivity index (χ3n) is 5.39. The molecule has 0 aromatic heterocycles. The highest BCUT2D eigenvalue weighted by Crippen LogP contribution is 2.32. The summed E-state index contributed by atoms with van der Waals surface area (Å²) in [6.45, 7) is 6.36. The Labute approximate surface area is 168 Å². The van der Waals surface area contributed by atoms with Crippen molar-refractivity contribution in [1.29, 1.82) is 0 Å². The summed E-state index contributed by atoms with van der Waals surface area (Å²) >= 11 is 0. The van der Waals surface area contributed by atoms with Crippen LogP contribution in [0.25, 0.3) is 0 Å². The molecule has 1 aromatic rings. The summed E-state index contributed by atoms with van der Waals surface area (Å²) in [6.07, 6.45) is 4.44. The SMILES string of the molecule is CNCCC1CCN(C(C)C(=O)Nc2ccc3c(c2)OCCCO3)CC1.Cl. The number of ether oxygens (including phenoxy) is 2. The molecule has 2 aliphatic rings. The summed E-state index contributed by atoms with van der Waals surface area (Å²) in [4.78, 5) is 15.0. The minimum absolute atomic E-state index is 0. The van der Waals surface area contributed by atoms with Crippen LogP contribution >= 0.6 is 12.4 Å². The number of carbonyl (C=O) groups excluding carboxylic acids is 1. The molecule has 3 rings (SSSR count). The van der Waals surface area contributed by atoms with Gasteiger partial charge in [0.25, 0.3) is 0 Å². The van der Waals surface area contributed by atoms with Gasteiger partial charge in [-0.1, -0.05) is 0 Å². The van der Waals surface area contributed by atoms with Crippen molar-refractivity contribution >= 4 is 24.0 Å². The van der Waals surface area contributed by atoms with Crippen molar-refractivity contribution in [2.45, 2.75) is 38.6 Å². The maximum atomic E-state index is 12.7. The Morgan fingerprint density at radius 2 is 1.93 bits per heavy atom. The number of amides is 1. The van der Waals surface area contributed by atoms with Crippen LogP contribution < -0.4 is 20.1 Å². The summed E-state index contributed by atoms with van der Waals surface area (Å²) in [7, 11) is 2.00. The van der Waals surface area contributed by atoms with Crippen LogP contribution in [0.1, 0.15) is 32.6 Å². The number of nitrogens with zero attached hydrogens (tertiary/aromatic N) is 1. The molecule has 2 heterocycles. The van der Waals surface area contributed by atoms with E-state index in [-0.39, 0.29) is 24.4 Å². The first kappa shape index (κ1) is 21.8. The van der Waals surface area contributed by atoms with Crippen LogP contribution in [0.4, 0.5) is 5.69 Å². The van der Waals surface area contributed by atoms with Gasteiger partial charge in [0, 0.05) is 18.2 Å². The summed E-state index contributed by atoms with van der Waals surface area (Å²) in [5.41, 5.74) is 0.759. The van der Waals surface area contributed by atoms with Crippen molar-refractivity contribution in [3.63, 3.8) is 0 Å². The normalized spacial score (nSPS) is 18.9. The third-order valence-corrected chi connectivity index (χ3v) is 5.39. The van der Waals surface area contributed by atoms with Crippen molar-refractivity contribution in [2.75, 3.05) is 45.2 Å². The van der Waals surface area contributed by atoms with Gasteiger partial charge >= 0.3 is 0 Å². The monoisotopic (exact) mass is 397 g/mol. The Morgan fingerprint density at radius 1 is 1.22 bits per heavy atom. The molecule has 1 unspecified atom stereocenters. The number of fused-ring (bicyclic) bond motifs is 1. The van der Waals surface area contributed by atoms with Gasteiger partial charge in [-0.2, -0.15) is 0 Å². The Morgan fingerprint density at radius 3 is 2.63 bits per heavy atom. The molecule has 0 saturated carbocycles. The average molecular weight is 398 g/mol. The summed E-state index contributed by atoms with van der Waals surface area (Å²) in [6, 6.07) is 5.47. The van der Waals surface area contributed by atoms with Crippen molar-refractivity contribution < 1.29 is 14.3 Å². The van der Waals surface area contributed by atoms with Crippen molar-refractivity contribution in [1.82, 2.24) is 10.2 Å². The third kappa shape index (κ3) is 5.99. The number of hydrogen-bond donors (Lipinski definition) is 2. The molecule has 1 fully saturated rings. The molecule has 1 saturated heterocycles. The van der Waals surface area contributed by atoms with Crippen LogP contribution in [0.15, 0.2) is 18.2 Å². The first-order valence-corrected chi connectivity index (χ1v) is 9.76. The fourth-order valence-electron chi connectivity index (χ4n) is 3.63. The maximum Gasteiger partial charge on any atom is 0.241 e. The van der Waals surface area contributed by atoms with Gasteiger partial charge in [0.2, 0.25) is 5.91 Å². The molecular weight excluding hydrogens is 366 g/mol. The number of nitrogens with one attached hydrogen (secondary N) is 2. The number of carbonyl (C=O) groups is 1. The van der Waals surface area contributed by atoms with E-state index in [4.69, 9.17) is 9.47 Å². The second-order valence-corrected chi connectivity index (χ2v) is 7.25. The fraction of sp³-hybridized carbons (Fsp3) is 0.650.